The van der Waals surface area contributed by atoms with Gasteiger partial charge >= 0.3 is 6.03 Å². The molecule has 0 radical (unpaired) electrons. The van der Waals surface area contributed by atoms with Crippen LogP contribution in [0.1, 0.15) is 12.8 Å². The number of hydrogen-bond donors (Lipinski definition) is 1. The molecule has 0 aromatic carbocycles. The summed E-state index contributed by atoms with van der Waals surface area (Å²) in [6.45, 7) is 4.65. The van der Waals surface area contributed by atoms with Crippen molar-refractivity contribution in [3.05, 3.63) is 0 Å². The van der Waals surface area contributed by atoms with Gasteiger partial charge in [0.2, 0.25) is 0 Å². The molecule has 2 fully saturated rings. The molecule has 5 nitrogen and oxygen atoms in total. The quantitative estimate of drug-likeness (QED) is 0.696. The number of nitrogens with one attached hydrogen (secondary N) is 1. The molecule has 2 aliphatic heterocycles. The van der Waals surface area contributed by atoms with Crippen LogP contribution in [-0.4, -0.2) is 60.9 Å². The van der Waals surface area contributed by atoms with Gasteiger partial charge in [-0.05, 0) is 13.0 Å². The first-order valence-electron chi connectivity index (χ1n) is 5.52. The van der Waals surface area contributed by atoms with Crippen LogP contribution in [0.25, 0.3) is 0 Å². The molecule has 0 aromatic heterocycles. The van der Waals surface area contributed by atoms with Crippen molar-refractivity contribution >= 4 is 11.8 Å². The second kappa shape index (κ2) is 4.61. The van der Waals surface area contributed by atoms with Crippen LogP contribution in [-0.2, 0) is 4.79 Å². The van der Waals surface area contributed by atoms with Crippen LogP contribution in [0.5, 0.6) is 0 Å². The summed E-state index contributed by atoms with van der Waals surface area (Å²) in [6.07, 6.45) is 1.69. The molecule has 2 rings (SSSR count). The number of carbonyl (C=O) groups excluding carboxylic acids is 2. The van der Waals surface area contributed by atoms with Gasteiger partial charge in [0.1, 0.15) is 5.78 Å². The lowest BCUT2D eigenvalue weighted by molar-refractivity contribution is -0.122. The van der Waals surface area contributed by atoms with Crippen LogP contribution in [0.15, 0.2) is 0 Å². The summed E-state index contributed by atoms with van der Waals surface area (Å²) in [5.41, 5.74) is 0. The first kappa shape index (κ1) is 10.4. The molecule has 0 bridgehead atoms. The molecular weight excluding hydrogens is 194 g/mol. The minimum Gasteiger partial charge on any atom is -0.336 e. The Kier molecular flexibility index (Phi) is 3.20. The number of likely N-dealkylation sites (tertiary alicyclic amines) is 1. The Morgan fingerprint density at radius 2 is 2.07 bits per heavy atom. The normalized spacial score (nSPS) is 23.3. The summed E-state index contributed by atoms with van der Waals surface area (Å²) >= 11 is 0. The zero-order valence-corrected chi connectivity index (χ0v) is 8.87. The Bertz CT molecular complexity index is 267. The molecule has 2 amide bonds. The maximum Gasteiger partial charge on any atom is 0.317 e. The third-order valence-corrected chi connectivity index (χ3v) is 2.96. The van der Waals surface area contributed by atoms with Gasteiger partial charge in [-0.15, -0.1) is 0 Å². The number of ketones is 1. The molecule has 0 unspecified atom stereocenters. The van der Waals surface area contributed by atoms with Gasteiger partial charge < -0.3 is 10.2 Å². The number of urea groups is 1. The summed E-state index contributed by atoms with van der Waals surface area (Å²) in [7, 11) is 0. The molecule has 2 heterocycles. The second-order valence-corrected chi connectivity index (χ2v) is 4.14. The lowest BCUT2D eigenvalue weighted by Gasteiger charge is -2.27. The number of piperidine rings is 1. The Morgan fingerprint density at radius 3 is 2.73 bits per heavy atom. The fourth-order valence-electron chi connectivity index (χ4n) is 2.08. The molecule has 2 aliphatic rings. The molecule has 0 saturated carbocycles. The number of Topliss-reactive ketones (excluding diaryl/α,β-unsaturated/α-hetero) is 1. The highest BCUT2D eigenvalue weighted by Gasteiger charge is 2.21. The monoisotopic (exact) mass is 211 g/mol. The van der Waals surface area contributed by atoms with Crippen LogP contribution >= 0.6 is 0 Å². The van der Waals surface area contributed by atoms with Crippen molar-refractivity contribution in [1.29, 1.82) is 0 Å². The Morgan fingerprint density at radius 1 is 1.20 bits per heavy atom. The maximum atomic E-state index is 11.2. The van der Waals surface area contributed by atoms with E-state index in [0.29, 0.717) is 12.3 Å². The SMILES string of the molecule is O=C1CCCN(CCN2CCNC2=O)C1. The number of rotatable bonds is 3. The van der Waals surface area contributed by atoms with E-state index in [1.54, 1.807) is 4.90 Å². The molecule has 15 heavy (non-hydrogen) atoms. The summed E-state index contributed by atoms with van der Waals surface area (Å²) in [6, 6.07) is 0.0262. The predicted molar refractivity (Wildman–Crippen MR) is 55.7 cm³/mol. The Labute approximate surface area is 89.4 Å². The third kappa shape index (κ3) is 2.68. The lowest BCUT2D eigenvalue weighted by Crippen LogP contribution is -2.41. The van der Waals surface area contributed by atoms with E-state index < -0.39 is 0 Å². The third-order valence-electron chi connectivity index (χ3n) is 2.96. The van der Waals surface area contributed by atoms with Gasteiger partial charge in [-0.25, -0.2) is 4.79 Å². The van der Waals surface area contributed by atoms with Gasteiger partial charge in [0, 0.05) is 32.6 Å². The molecule has 2 saturated heterocycles. The Balaban J connectivity index is 1.72. The van der Waals surface area contributed by atoms with Gasteiger partial charge in [-0.1, -0.05) is 0 Å². The van der Waals surface area contributed by atoms with Crippen molar-refractivity contribution in [2.75, 3.05) is 39.3 Å². The number of hydrogen-bond acceptors (Lipinski definition) is 3. The minimum absolute atomic E-state index is 0.0262. The first-order valence-corrected chi connectivity index (χ1v) is 5.52. The zero-order chi connectivity index (χ0) is 10.7. The lowest BCUT2D eigenvalue weighted by atomic mass is 10.1. The number of nitrogens with zero attached hydrogens (tertiary/aromatic N) is 2. The topological polar surface area (TPSA) is 52.7 Å². The molecule has 84 valence electrons. The van der Waals surface area contributed by atoms with Gasteiger partial charge in [-0.2, -0.15) is 0 Å². The van der Waals surface area contributed by atoms with Gasteiger partial charge in [0.15, 0.2) is 0 Å². The van der Waals surface area contributed by atoms with E-state index >= 15 is 0 Å². The molecular formula is C10H17N3O2. The molecule has 1 N–H and O–H groups in total. The van der Waals surface area contributed by atoms with Crippen molar-refractivity contribution in [1.82, 2.24) is 15.1 Å². The number of carbonyl (C=O) groups is 2. The molecule has 0 atom stereocenters. The van der Waals surface area contributed by atoms with Gasteiger partial charge in [-0.3, -0.25) is 9.69 Å². The van der Waals surface area contributed by atoms with E-state index in [4.69, 9.17) is 0 Å². The van der Waals surface area contributed by atoms with Crippen molar-refractivity contribution in [3.8, 4) is 0 Å². The minimum atomic E-state index is 0.0262. The van der Waals surface area contributed by atoms with E-state index in [9.17, 15) is 9.59 Å². The molecule has 0 aliphatic carbocycles. The Hall–Kier alpha value is -1.10. The highest BCUT2D eigenvalue weighted by Crippen LogP contribution is 2.06. The molecule has 0 spiro atoms. The fraction of sp³-hybridized carbons (Fsp3) is 0.800. The standard InChI is InChI=1S/C10H17N3O2/c14-9-2-1-4-12(8-9)6-7-13-5-3-11-10(13)15/h1-8H2,(H,11,15). The van der Waals surface area contributed by atoms with E-state index in [1.165, 1.54) is 0 Å². The van der Waals surface area contributed by atoms with Crippen molar-refractivity contribution in [2.45, 2.75) is 12.8 Å². The summed E-state index contributed by atoms with van der Waals surface area (Å²) in [4.78, 5) is 26.4. The van der Waals surface area contributed by atoms with E-state index in [-0.39, 0.29) is 6.03 Å². The smallest absolute Gasteiger partial charge is 0.317 e. The average Bonchev–Trinajstić information content (AvgIpc) is 2.61. The van der Waals surface area contributed by atoms with Crippen molar-refractivity contribution in [2.24, 2.45) is 0 Å². The van der Waals surface area contributed by atoms with E-state index in [0.717, 1.165) is 45.6 Å². The van der Waals surface area contributed by atoms with Crippen LogP contribution in [0.4, 0.5) is 4.79 Å². The summed E-state index contributed by atoms with van der Waals surface area (Å²) in [5, 5.41) is 2.77. The van der Waals surface area contributed by atoms with Crippen molar-refractivity contribution < 1.29 is 9.59 Å². The van der Waals surface area contributed by atoms with Crippen molar-refractivity contribution in [3.63, 3.8) is 0 Å². The molecule has 5 heteroatoms. The summed E-state index contributed by atoms with van der Waals surface area (Å²) < 4.78 is 0. The van der Waals surface area contributed by atoms with Gasteiger partial charge in [0.05, 0.1) is 6.54 Å². The average molecular weight is 211 g/mol. The largest absolute Gasteiger partial charge is 0.336 e. The van der Waals surface area contributed by atoms with E-state index in [1.807, 2.05) is 0 Å². The van der Waals surface area contributed by atoms with E-state index in [2.05, 4.69) is 10.2 Å². The maximum absolute atomic E-state index is 11.2. The fourth-order valence-corrected chi connectivity index (χ4v) is 2.08. The molecule has 0 aromatic rings. The van der Waals surface area contributed by atoms with Crippen LogP contribution < -0.4 is 5.32 Å². The highest BCUT2D eigenvalue weighted by molar-refractivity contribution is 5.81. The first-order chi connectivity index (χ1) is 7.25. The van der Waals surface area contributed by atoms with Crippen LogP contribution in [0.3, 0.4) is 0 Å². The van der Waals surface area contributed by atoms with Crippen LogP contribution in [0.2, 0.25) is 0 Å². The zero-order valence-electron chi connectivity index (χ0n) is 8.87. The second-order valence-electron chi connectivity index (χ2n) is 4.14. The van der Waals surface area contributed by atoms with Crippen LogP contribution in [0, 0.1) is 0 Å². The highest BCUT2D eigenvalue weighted by atomic mass is 16.2. The summed E-state index contributed by atoms with van der Waals surface area (Å²) in [5.74, 6) is 0.326. The number of amides is 2. The predicted octanol–water partition coefficient (Wildman–Crippen LogP) is -0.323. The van der Waals surface area contributed by atoms with Gasteiger partial charge in [0.25, 0.3) is 0 Å².